The third-order valence-electron chi connectivity index (χ3n) is 4.09. The number of amides is 1. The molecule has 1 aliphatic rings. The molecule has 0 saturated heterocycles. The molecule has 0 radical (unpaired) electrons. The Bertz CT molecular complexity index is 495. The number of carbonyl (C=O) groups excluding carboxylic acids is 1. The van der Waals surface area contributed by atoms with Gasteiger partial charge in [-0.1, -0.05) is 32.0 Å². The lowest BCUT2D eigenvalue weighted by molar-refractivity contribution is -0.124. The van der Waals surface area contributed by atoms with Gasteiger partial charge in [0.15, 0.2) is 0 Å². The Labute approximate surface area is 119 Å². The van der Waals surface area contributed by atoms with Crippen molar-refractivity contribution in [3.05, 3.63) is 35.6 Å². The highest BCUT2D eigenvalue weighted by atomic mass is 19.1. The Morgan fingerprint density at radius 3 is 2.60 bits per heavy atom. The van der Waals surface area contributed by atoms with E-state index >= 15 is 0 Å². The molecule has 0 atom stereocenters. The smallest absolute Gasteiger partial charge is 0.230 e. The Kier molecular flexibility index (Phi) is 4.14. The molecule has 0 heterocycles. The van der Waals surface area contributed by atoms with Crippen LogP contribution in [-0.4, -0.2) is 24.2 Å². The number of carbonyl (C=O) groups is 1. The second-order valence-electron chi connectivity index (χ2n) is 6.38. The van der Waals surface area contributed by atoms with Gasteiger partial charge in [-0.25, -0.2) is 4.39 Å². The molecule has 2 rings (SSSR count). The molecule has 0 aromatic heterocycles. The summed E-state index contributed by atoms with van der Waals surface area (Å²) in [6.45, 7) is 4.57. The van der Waals surface area contributed by atoms with Crippen LogP contribution in [0.2, 0.25) is 0 Å². The average Bonchev–Trinajstić information content (AvgIpc) is 3.18. The molecule has 1 saturated carbocycles. The van der Waals surface area contributed by atoms with Crippen LogP contribution in [0.1, 0.15) is 38.7 Å². The van der Waals surface area contributed by atoms with Crippen LogP contribution in [0.15, 0.2) is 24.3 Å². The molecule has 0 aliphatic heterocycles. The molecule has 4 heteroatoms. The van der Waals surface area contributed by atoms with Crippen LogP contribution in [0, 0.1) is 11.2 Å². The quantitative estimate of drug-likeness (QED) is 0.840. The molecular weight excluding hydrogens is 257 g/mol. The molecule has 1 aromatic rings. The topological polar surface area (TPSA) is 49.3 Å². The van der Waals surface area contributed by atoms with E-state index in [1.54, 1.807) is 18.2 Å². The number of nitrogens with one attached hydrogen (secondary N) is 1. The molecule has 2 N–H and O–H groups in total. The Hall–Kier alpha value is -1.42. The summed E-state index contributed by atoms with van der Waals surface area (Å²) in [4.78, 5) is 12.4. The second kappa shape index (κ2) is 5.52. The van der Waals surface area contributed by atoms with Crippen molar-refractivity contribution < 1.29 is 14.3 Å². The summed E-state index contributed by atoms with van der Waals surface area (Å²) in [6.07, 6.45) is 2.01. The maximum absolute atomic E-state index is 13.9. The van der Waals surface area contributed by atoms with Gasteiger partial charge in [0.1, 0.15) is 5.82 Å². The SMILES string of the molecule is CC(C)(CCO)CNC(=O)C1(c2ccccc2F)CC1. The van der Waals surface area contributed by atoms with Crippen LogP contribution < -0.4 is 5.32 Å². The molecule has 1 fully saturated rings. The van der Waals surface area contributed by atoms with Crippen LogP contribution >= 0.6 is 0 Å². The van der Waals surface area contributed by atoms with Gasteiger partial charge in [0.25, 0.3) is 0 Å². The molecule has 0 bridgehead atoms. The van der Waals surface area contributed by atoms with Gasteiger partial charge in [-0.15, -0.1) is 0 Å². The first-order valence-corrected chi connectivity index (χ1v) is 7.05. The lowest BCUT2D eigenvalue weighted by atomic mass is 9.88. The zero-order valence-corrected chi connectivity index (χ0v) is 12.1. The van der Waals surface area contributed by atoms with Crippen LogP contribution in [-0.2, 0) is 10.2 Å². The molecule has 110 valence electrons. The van der Waals surface area contributed by atoms with E-state index < -0.39 is 5.41 Å². The standard InChI is InChI=1S/C16H22FNO2/c1-15(2,9-10-19)11-18-14(20)16(7-8-16)12-5-3-4-6-13(12)17/h3-6,19H,7-11H2,1-2H3,(H,18,20). The van der Waals surface area contributed by atoms with E-state index in [1.807, 2.05) is 13.8 Å². The third kappa shape index (κ3) is 3.01. The Morgan fingerprint density at radius 2 is 2.05 bits per heavy atom. The lowest BCUT2D eigenvalue weighted by Gasteiger charge is -2.25. The van der Waals surface area contributed by atoms with Crippen molar-refractivity contribution >= 4 is 5.91 Å². The van der Waals surface area contributed by atoms with E-state index in [4.69, 9.17) is 5.11 Å². The van der Waals surface area contributed by atoms with Gasteiger partial charge < -0.3 is 10.4 Å². The van der Waals surface area contributed by atoms with Crippen molar-refractivity contribution in [3.8, 4) is 0 Å². The monoisotopic (exact) mass is 279 g/mol. The highest BCUT2D eigenvalue weighted by molar-refractivity contribution is 5.91. The van der Waals surface area contributed by atoms with Crippen LogP contribution in [0.5, 0.6) is 0 Å². The first kappa shape index (κ1) is 15.0. The molecule has 1 aromatic carbocycles. The maximum atomic E-state index is 13.9. The van der Waals surface area contributed by atoms with Crippen molar-refractivity contribution in [3.63, 3.8) is 0 Å². The summed E-state index contributed by atoms with van der Waals surface area (Å²) in [5, 5.41) is 11.9. The summed E-state index contributed by atoms with van der Waals surface area (Å²) in [7, 11) is 0. The zero-order chi connectivity index (χ0) is 14.8. The lowest BCUT2D eigenvalue weighted by Crippen LogP contribution is -2.40. The van der Waals surface area contributed by atoms with E-state index in [1.165, 1.54) is 6.07 Å². The third-order valence-corrected chi connectivity index (χ3v) is 4.09. The largest absolute Gasteiger partial charge is 0.396 e. The zero-order valence-electron chi connectivity index (χ0n) is 12.1. The van der Waals surface area contributed by atoms with Crippen LogP contribution in [0.4, 0.5) is 4.39 Å². The van der Waals surface area contributed by atoms with E-state index in [-0.39, 0.29) is 23.7 Å². The van der Waals surface area contributed by atoms with Gasteiger partial charge in [0.05, 0.1) is 5.41 Å². The molecule has 3 nitrogen and oxygen atoms in total. The highest BCUT2D eigenvalue weighted by Gasteiger charge is 2.52. The summed E-state index contributed by atoms with van der Waals surface area (Å²) in [6, 6.07) is 6.50. The Morgan fingerprint density at radius 1 is 1.40 bits per heavy atom. The highest BCUT2D eigenvalue weighted by Crippen LogP contribution is 2.49. The van der Waals surface area contributed by atoms with Crippen molar-refractivity contribution in [2.75, 3.05) is 13.2 Å². The predicted molar refractivity (Wildman–Crippen MR) is 75.8 cm³/mol. The van der Waals surface area contributed by atoms with Crippen molar-refractivity contribution in [1.29, 1.82) is 0 Å². The minimum absolute atomic E-state index is 0.0985. The summed E-state index contributed by atoms with van der Waals surface area (Å²) < 4.78 is 13.9. The molecular formula is C16H22FNO2. The van der Waals surface area contributed by atoms with Gasteiger partial charge >= 0.3 is 0 Å². The fourth-order valence-corrected chi connectivity index (χ4v) is 2.47. The minimum atomic E-state index is -0.680. The van der Waals surface area contributed by atoms with Gasteiger partial charge in [-0.05, 0) is 30.7 Å². The second-order valence-corrected chi connectivity index (χ2v) is 6.38. The summed E-state index contributed by atoms with van der Waals surface area (Å²) in [5.74, 6) is -0.414. The number of aliphatic hydroxyl groups is 1. The summed E-state index contributed by atoms with van der Waals surface area (Å²) in [5.41, 5.74) is -0.339. The van der Waals surface area contributed by atoms with Gasteiger partial charge in [0, 0.05) is 18.7 Å². The number of rotatable bonds is 6. The molecule has 0 spiro atoms. The van der Waals surface area contributed by atoms with E-state index in [9.17, 15) is 9.18 Å². The fraction of sp³-hybridized carbons (Fsp3) is 0.562. The van der Waals surface area contributed by atoms with Gasteiger partial charge in [-0.3, -0.25) is 4.79 Å². The maximum Gasteiger partial charge on any atom is 0.230 e. The first-order chi connectivity index (χ1) is 9.41. The number of halogens is 1. The minimum Gasteiger partial charge on any atom is -0.396 e. The number of hydrogen-bond acceptors (Lipinski definition) is 2. The summed E-state index contributed by atoms with van der Waals surface area (Å²) >= 11 is 0. The van der Waals surface area contributed by atoms with Crippen LogP contribution in [0.3, 0.4) is 0 Å². The van der Waals surface area contributed by atoms with E-state index in [2.05, 4.69) is 5.32 Å². The number of hydrogen-bond donors (Lipinski definition) is 2. The van der Waals surface area contributed by atoms with Gasteiger partial charge in [-0.2, -0.15) is 0 Å². The van der Waals surface area contributed by atoms with Gasteiger partial charge in [0.2, 0.25) is 5.91 Å². The average molecular weight is 279 g/mol. The van der Waals surface area contributed by atoms with Crippen molar-refractivity contribution in [2.45, 2.75) is 38.5 Å². The van der Waals surface area contributed by atoms with Crippen molar-refractivity contribution in [2.24, 2.45) is 5.41 Å². The van der Waals surface area contributed by atoms with Crippen LogP contribution in [0.25, 0.3) is 0 Å². The Balaban J connectivity index is 2.05. The normalized spacial score (nSPS) is 16.8. The number of benzene rings is 1. The predicted octanol–water partition coefficient (Wildman–Crippen LogP) is 2.38. The fourth-order valence-electron chi connectivity index (χ4n) is 2.47. The first-order valence-electron chi connectivity index (χ1n) is 7.05. The van der Waals surface area contributed by atoms with Crippen molar-refractivity contribution in [1.82, 2.24) is 5.32 Å². The van der Waals surface area contributed by atoms with E-state index in [0.717, 1.165) is 0 Å². The molecule has 20 heavy (non-hydrogen) atoms. The molecule has 0 unspecified atom stereocenters. The number of aliphatic hydroxyl groups excluding tert-OH is 1. The molecule has 1 aliphatic carbocycles. The van der Waals surface area contributed by atoms with E-state index in [0.29, 0.717) is 31.4 Å². The molecule has 1 amide bonds.